The summed E-state index contributed by atoms with van der Waals surface area (Å²) in [6.45, 7) is -0.00189. The Morgan fingerprint density at radius 2 is 1.88 bits per heavy atom. The maximum atomic E-state index is 12.4. The molecule has 0 saturated carbocycles. The highest BCUT2D eigenvalue weighted by Crippen LogP contribution is 2.39. The van der Waals surface area contributed by atoms with Crippen molar-refractivity contribution in [2.45, 2.75) is 30.1 Å². The first-order chi connectivity index (χ1) is 11.8. The molecule has 0 unspecified atom stereocenters. The van der Waals surface area contributed by atoms with E-state index in [-0.39, 0.29) is 32.8 Å². The summed E-state index contributed by atoms with van der Waals surface area (Å²) in [6.07, 6.45) is -0.753. The van der Waals surface area contributed by atoms with E-state index < -0.39 is 29.1 Å². The molecule has 4 radical (unpaired) electrons. The largest absolute Gasteiger partial charge is 0.480 e. The van der Waals surface area contributed by atoms with E-state index in [2.05, 4.69) is 0 Å². The molecular weight excluding hydrogens is 324 g/mol. The molecule has 25 heavy (non-hydrogen) atoms. The Balaban J connectivity index is 1.66. The zero-order valence-electron chi connectivity index (χ0n) is 13.6. The van der Waals surface area contributed by atoms with E-state index in [4.69, 9.17) is 29.9 Å². The van der Waals surface area contributed by atoms with Gasteiger partial charge in [-0.1, -0.05) is 35.5 Å². The van der Waals surface area contributed by atoms with Gasteiger partial charge in [-0.2, -0.15) is 0 Å². The molecule has 9 heteroatoms. The van der Waals surface area contributed by atoms with Gasteiger partial charge in [-0.3, -0.25) is 4.90 Å². The fraction of sp³-hybridized carbons (Fsp3) is 0.500. The summed E-state index contributed by atoms with van der Waals surface area (Å²) in [7, 11) is 11.5. The molecule has 128 valence electrons. The van der Waals surface area contributed by atoms with Gasteiger partial charge in [0.05, 0.1) is 22.2 Å². The van der Waals surface area contributed by atoms with E-state index in [9.17, 15) is 14.7 Å². The molecule has 2 heterocycles. The number of amides is 1. The second-order valence-corrected chi connectivity index (χ2v) is 6.45. The van der Waals surface area contributed by atoms with Crippen LogP contribution in [-0.2, 0) is 25.6 Å². The topological polar surface area (TPSA) is 85.3 Å². The van der Waals surface area contributed by atoms with Gasteiger partial charge in [0.25, 0.3) is 0 Å². The number of likely N-dealkylation sites (tertiary alicyclic amines) is 1. The molecule has 1 amide bonds. The normalized spacial score (nSPS) is 24.2. The van der Waals surface area contributed by atoms with E-state index >= 15 is 0 Å². The lowest BCUT2D eigenvalue weighted by molar-refractivity contribution is -0.261. The highest BCUT2D eigenvalue weighted by atomic mass is 16.7. The SMILES string of the molecule is [B]C1([B])COC2(C[C@@H](C(=O)O)N(C(=O)OCc3ccccc3)C2)OC1. The maximum Gasteiger partial charge on any atom is 0.411 e. The highest BCUT2D eigenvalue weighted by Gasteiger charge is 2.54. The quantitative estimate of drug-likeness (QED) is 0.814. The predicted octanol–water partition coefficient (Wildman–Crippen LogP) is 0.678. The number of aliphatic carboxylic acids is 1. The van der Waals surface area contributed by atoms with E-state index in [1.165, 1.54) is 0 Å². The smallest absolute Gasteiger partial charge is 0.411 e. The Kier molecular flexibility index (Phi) is 4.79. The minimum absolute atomic E-state index is 0.00619. The third-order valence-electron chi connectivity index (χ3n) is 4.22. The number of hydrogen-bond donors (Lipinski definition) is 1. The van der Waals surface area contributed by atoms with Crippen molar-refractivity contribution in [1.29, 1.82) is 0 Å². The number of benzene rings is 1. The standard InChI is InChI=1S/C16H17B2NO6/c17-15(18)9-24-16(25-10-15)6-12(13(20)21)19(8-16)14(22)23-7-11-4-2-1-3-5-11/h1-5,12H,6-10H2,(H,20,21)/t12-/m0/s1. The van der Waals surface area contributed by atoms with Gasteiger partial charge in [0.2, 0.25) is 0 Å². The Bertz CT molecular complexity index is 643. The van der Waals surface area contributed by atoms with Crippen LogP contribution in [-0.4, -0.2) is 69.3 Å². The molecule has 0 aliphatic carbocycles. The summed E-state index contributed by atoms with van der Waals surface area (Å²) in [6, 6.07) is 8.01. The second-order valence-electron chi connectivity index (χ2n) is 6.45. The minimum atomic E-state index is -1.23. The van der Waals surface area contributed by atoms with Crippen molar-refractivity contribution < 1.29 is 28.9 Å². The van der Waals surface area contributed by atoms with Crippen molar-refractivity contribution in [3.8, 4) is 0 Å². The molecule has 1 aromatic carbocycles. The van der Waals surface area contributed by atoms with E-state index in [1.54, 1.807) is 0 Å². The van der Waals surface area contributed by atoms with Gasteiger partial charge in [0.1, 0.15) is 12.6 Å². The molecule has 1 atom stereocenters. The van der Waals surface area contributed by atoms with Crippen molar-refractivity contribution in [2.75, 3.05) is 19.8 Å². The molecule has 2 aliphatic rings. The molecule has 0 bridgehead atoms. The maximum absolute atomic E-state index is 12.4. The van der Waals surface area contributed by atoms with Crippen LogP contribution in [0.4, 0.5) is 4.79 Å². The van der Waals surface area contributed by atoms with Crippen LogP contribution in [0.2, 0.25) is 5.21 Å². The Hall–Kier alpha value is -1.99. The van der Waals surface area contributed by atoms with Crippen LogP contribution in [0.5, 0.6) is 0 Å². The summed E-state index contributed by atoms with van der Waals surface area (Å²) < 4.78 is 16.4. The summed E-state index contributed by atoms with van der Waals surface area (Å²) in [5.41, 5.74) is 0.804. The van der Waals surface area contributed by atoms with Gasteiger partial charge in [0, 0.05) is 19.6 Å². The molecule has 2 aliphatic heterocycles. The van der Waals surface area contributed by atoms with E-state index in [0.717, 1.165) is 10.5 Å². The second kappa shape index (κ2) is 6.72. The molecule has 1 aromatic rings. The van der Waals surface area contributed by atoms with Crippen molar-refractivity contribution in [1.82, 2.24) is 4.90 Å². The van der Waals surface area contributed by atoms with Gasteiger partial charge in [-0.05, 0) is 5.56 Å². The number of carboxylic acid groups (broad SMARTS) is 1. The van der Waals surface area contributed by atoms with E-state index in [1.807, 2.05) is 30.3 Å². The van der Waals surface area contributed by atoms with Crippen LogP contribution in [0.3, 0.4) is 0 Å². The lowest BCUT2D eigenvalue weighted by Gasteiger charge is -2.41. The summed E-state index contributed by atoms with van der Waals surface area (Å²) in [4.78, 5) is 25.0. The molecule has 0 aromatic heterocycles. The molecule has 2 saturated heterocycles. The van der Waals surface area contributed by atoms with Gasteiger partial charge >= 0.3 is 12.1 Å². The number of ether oxygens (including phenoxy) is 3. The Labute approximate surface area is 148 Å². The predicted molar refractivity (Wildman–Crippen MR) is 88.2 cm³/mol. The van der Waals surface area contributed by atoms with Gasteiger partial charge in [-0.15, -0.1) is 0 Å². The first-order valence-electron chi connectivity index (χ1n) is 7.86. The molecule has 2 fully saturated rings. The molecule has 3 rings (SSSR count). The van der Waals surface area contributed by atoms with Gasteiger partial charge in [0.15, 0.2) is 5.79 Å². The van der Waals surface area contributed by atoms with Crippen LogP contribution in [0.1, 0.15) is 12.0 Å². The van der Waals surface area contributed by atoms with Crippen LogP contribution < -0.4 is 0 Å². The first kappa shape index (κ1) is 17.8. The van der Waals surface area contributed by atoms with Crippen molar-refractivity contribution in [2.24, 2.45) is 0 Å². The van der Waals surface area contributed by atoms with Crippen molar-refractivity contribution in [3.63, 3.8) is 0 Å². The summed E-state index contributed by atoms with van der Waals surface area (Å²) >= 11 is 0. The van der Waals surface area contributed by atoms with Crippen molar-refractivity contribution in [3.05, 3.63) is 35.9 Å². The van der Waals surface area contributed by atoms with E-state index in [0.29, 0.717) is 0 Å². The fourth-order valence-electron chi connectivity index (χ4n) is 2.88. The number of hydrogen-bond acceptors (Lipinski definition) is 5. The van der Waals surface area contributed by atoms with Gasteiger partial charge < -0.3 is 19.3 Å². The minimum Gasteiger partial charge on any atom is -0.480 e. The Morgan fingerprint density at radius 3 is 2.48 bits per heavy atom. The van der Waals surface area contributed by atoms with Crippen LogP contribution >= 0.6 is 0 Å². The van der Waals surface area contributed by atoms with Gasteiger partial charge in [-0.25, -0.2) is 9.59 Å². The third kappa shape index (κ3) is 3.99. The Morgan fingerprint density at radius 1 is 1.24 bits per heavy atom. The summed E-state index contributed by atoms with van der Waals surface area (Å²) in [5, 5.41) is 8.29. The monoisotopic (exact) mass is 341 g/mol. The number of carboxylic acids is 1. The molecule has 1 N–H and O–H groups in total. The lowest BCUT2D eigenvalue weighted by atomic mass is 9.55. The number of carbonyl (C=O) groups is 2. The molecule has 7 nitrogen and oxygen atoms in total. The molecule has 1 spiro atoms. The third-order valence-corrected chi connectivity index (χ3v) is 4.22. The van der Waals surface area contributed by atoms with Crippen molar-refractivity contribution >= 4 is 27.8 Å². The van der Waals surface area contributed by atoms with Crippen LogP contribution in [0, 0.1) is 0 Å². The number of carbonyl (C=O) groups excluding carboxylic acids is 1. The number of rotatable bonds is 3. The van der Waals surface area contributed by atoms with Crippen LogP contribution in [0.25, 0.3) is 0 Å². The zero-order chi connectivity index (χ0) is 18.1. The summed E-state index contributed by atoms with van der Waals surface area (Å²) in [5.74, 6) is -2.38. The highest BCUT2D eigenvalue weighted by molar-refractivity contribution is 6.40. The fourth-order valence-corrected chi connectivity index (χ4v) is 2.88. The average Bonchev–Trinajstić information content (AvgIpc) is 2.97. The van der Waals surface area contributed by atoms with Crippen LogP contribution in [0.15, 0.2) is 30.3 Å². The lowest BCUT2D eigenvalue weighted by Crippen LogP contribution is -2.49. The zero-order valence-corrected chi connectivity index (χ0v) is 13.6. The molecular formula is C16H17B2NO6. The first-order valence-corrected chi connectivity index (χ1v) is 7.86. The number of nitrogens with zero attached hydrogens (tertiary/aromatic N) is 1. The average molecular weight is 341 g/mol.